The zero-order chi connectivity index (χ0) is 24.6. The summed E-state index contributed by atoms with van der Waals surface area (Å²) in [7, 11) is -0.376. The van der Waals surface area contributed by atoms with Crippen molar-refractivity contribution in [3.63, 3.8) is 0 Å². The minimum atomic E-state index is -3.63. The highest BCUT2D eigenvalue weighted by atomic mass is 32.2. The van der Waals surface area contributed by atoms with Crippen molar-refractivity contribution in [1.82, 2.24) is 8.61 Å². The van der Waals surface area contributed by atoms with Crippen LogP contribution in [0.25, 0.3) is 0 Å². The highest BCUT2D eigenvalue weighted by Gasteiger charge is 2.58. The van der Waals surface area contributed by atoms with Gasteiger partial charge in [0, 0.05) is 36.4 Å². The molecule has 1 saturated carbocycles. The molecule has 2 saturated heterocycles. The van der Waals surface area contributed by atoms with Gasteiger partial charge in [-0.25, -0.2) is 12.7 Å². The van der Waals surface area contributed by atoms with Crippen molar-refractivity contribution >= 4 is 22.0 Å². The van der Waals surface area contributed by atoms with E-state index in [9.17, 15) is 8.42 Å². The lowest BCUT2D eigenvalue weighted by Gasteiger charge is -2.55. The van der Waals surface area contributed by atoms with E-state index in [1.807, 2.05) is 12.1 Å². The number of hydrogen-bond acceptors (Lipinski definition) is 7. The lowest BCUT2D eigenvalue weighted by Crippen LogP contribution is -2.64. The Morgan fingerprint density at radius 2 is 1.63 bits per heavy atom. The van der Waals surface area contributed by atoms with E-state index in [1.165, 1.54) is 0 Å². The van der Waals surface area contributed by atoms with Crippen LogP contribution in [0.4, 0.5) is 0 Å². The number of fused-ring (bicyclic) bond motifs is 2. The molecule has 4 unspecified atom stereocenters. The van der Waals surface area contributed by atoms with Crippen molar-refractivity contribution in [2.75, 3.05) is 33.9 Å². The number of sulfonamides is 1. The predicted octanol–water partition coefficient (Wildman–Crippen LogP) is 4.64. The molecule has 7 nitrogen and oxygen atoms in total. The van der Waals surface area contributed by atoms with Gasteiger partial charge in [-0.3, -0.25) is 0 Å². The standard InChI is InChI=1S/C26H34N2O5S2/c1-19-4-13-24-25(18-19)27(35(29,30)23-11-7-21(32-3)8-12-23)15-14-26(24)28(16-17-33-26)34-22-9-5-20(31-2)6-10-22/h5-12,19,24-25H,4,13-18H2,1-3H3. The second kappa shape index (κ2) is 9.94. The second-order valence-electron chi connectivity index (χ2n) is 9.70. The molecule has 1 spiro atoms. The summed E-state index contributed by atoms with van der Waals surface area (Å²) in [6.07, 6.45) is 3.55. The Kier molecular flexibility index (Phi) is 7.07. The van der Waals surface area contributed by atoms with E-state index >= 15 is 0 Å². The number of methoxy groups -OCH3 is 2. The van der Waals surface area contributed by atoms with Crippen LogP contribution in [0.2, 0.25) is 0 Å². The molecule has 0 amide bonds. The average Bonchev–Trinajstić information content (AvgIpc) is 3.26. The van der Waals surface area contributed by atoms with Crippen molar-refractivity contribution in [1.29, 1.82) is 0 Å². The van der Waals surface area contributed by atoms with Crippen LogP contribution < -0.4 is 9.47 Å². The summed E-state index contributed by atoms with van der Waals surface area (Å²) in [5.74, 6) is 2.08. The average molecular weight is 519 g/mol. The van der Waals surface area contributed by atoms with Crippen LogP contribution in [-0.4, -0.2) is 62.7 Å². The Balaban J connectivity index is 1.43. The summed E-state index contributed by atoms with van der Waals surface area (Å²) in [5, 5.41) is 0. The predicted molar refractivity (Wildman–Crippen MR) is 136 cm³/mol. The van der Waals surface area contributed by atoms with Gasteiger partial charge in [0.2, 0.25) is 10.0 Å². The van der Waals surface area contributed by atoms with Gasteiger partial charge in [0.05, 0.1) is 25.7 Å². The maximum atomic E-state index is 13.8. The number of hydrogen-bond donors (Lipinski definition) is 0. The molecular weight excluding hydrogens is 484 g/mol. The molecule has 0 aromatic heterocycles. The minimum absolute atomic E-state index is 0.0864. The Morgan fingerprint density at radius 3 is 2.29 bits per heavy atom. The fraction of sp³-hybridized carbons (Fsp3) is 0.538. The largest absolute Gasteiger partial charge is 0.497 e. The van der Waals surface area contributed by atoms with Crippen LogP contribution in [0.15, 0.2) is 58.3 Å². The molecule has 2 heterocycles. The van der Waals surface area contributed by atoms with Crippen LogP contribution in [0.1, 0.15) is 32.6 Å². The fourth-order valence-corrected chi connectivity index (χ4v) is 8.72. The van der Waals surface area contributed by atoms with E-state index in [2.05, 4.69) is 23.4 Å². The Hall–Kier alpha value is -1.78. The van der Waals surface area contributed by atoms with Crippen molar-refractivity contribution in [3.05, 3.63) is 48.5 Å². The highest BCUT2D eigenvalue weighted by Crippen LogP contribution is 2.52. The van der Waals surface area contributed by atoms with Crippen LogP contribution in [-0.2, 0) is 14.8 Å². The molecule has 1 aliphatic carbocycles. The molecule has 5 rings (SSSR count). The van der Waals surface area contributed by atoms with Gasteiger partial charge in [-0.05, 0) is 79.2 Å². The SMILES string of the molecule is COc1ccc(SN2CCOC23CCN(S(=O)(=O)c2ccc(OC)cc2)C2CC(C)CCC23)cc1. The lowest BCUT2D eigenvalue weighted by atomic mass is 9.71. The summed E-state index contributed by atoms with van der Waals surface area (Å²) in [5.41, 5.74) is -0.457. The molecule has 9 heteroatoms. The normalized spacial score (nSPS) is 29.7. The molecule has 2 aliphatic heterocycles. The van der Waals surface area contributed by atoms with E-state index in [4.69, 9.17) is 14.2 Å². The van der Waals surface area contributed by atoms with Gasteiger partial charge < -0.3 is 14.2 Å². The molecule has 35 heavy (non-hydrogen) atoms. The lowest BCUT2D eigenvalue weighted by molar-refractivity contribution is -0.152. The first-order chi connectivity index (χ1) is 16.9. The Bertz CT molecular complexity index is 1130. The Labute approximate surface area is 212 Å². The van der Waals surface area contributed by atoms with E-state index in [-0.39, 0.29) is 12.0 Å². The van der Waals surface area contributed by atoms with Gasteiger partial charge in [-0.2, -0.15) is 4.31 Å². The highest BCUT2D eigenvalue weighted by molar-refractivity contribution is 7.97. The Morgan fingerprint density at radius 1 is 0.971 bits per heavy atom. The summed E-state index contributed by atoms with van der Waals surface area (Å²) >= 11 is 1.71. The third-order valence-electron chi connectivity index (χ3n) is 7.73. The number of piperidine rings is 1. The van der Waals surface area contributed by atoms with Crippen molar-refractivity contribution in [3.8, 4) is 11.5 Å². The van der Waals surface area contributed by atoms with Crippen LogP contribution in [0, 0.1) is 11.8 Å². The quantitative estimate of drug-likeness (QED) is 0.516. The maximum absolute atomic E-state index is 13.8. The molecule has 190 valence electrons. The van der Waals surface area contributed by atoms with E-state index < -0.39 is 15.7 Å². The summed E-state index contributed by atoms with van der Waals surface area (Å²) < 4.78 is 48.8. The number of benzene rings is 2. The summed E-state index contributed by atoms with van der Waals surface area (Å²) in [6, 6.07) is 14.7. The van der Waals surface area contributed by atoms with E-state index in [0.717, 1.165) is 36.5 Å². The van der Waals surface area contributed by atoms with Crippen LogP contribution in [0.5, 0.6) is 11.5 Å². The van der Waals surface area contributed by atoms with Gasteiger partial charge in [-0.1, -0.05) is 13.3 Å². The molecule has 0 bridgehead atoms. The molecule has 2 aromatic carbocycles. The van der Waals surface area contributed by atoms with Gasteiger partial charge in [0.25, 0.3) is 0 Å². The van der Waals surface area contributed by atoms with E-state index in [0.29, 0.717) is 36.1 Å². The van der Waals surface area contributed by atoms with Gasteiger partial charge in [-0.15, -0.1) is 0 Å². The zero-order valence-corrected chi connectivity index (χ0v) is 22.2. The molecular formula is C26H34N2O5S2. The third-order valence-corrected chi connectivity index (χ3v) is 10.9. The first-order valence-corrected chi connectivity index (χ1v) is 14.5. The van der Waals surface area contributed by atoms with Gasteiger partial charge >= 0.3 is 0 Å². The topological polar surface area (TPSA) is 68.3 Å². The number of ether oxygens (including phenoxy) is 3. The molecule has 3 aliphatic rings. The fourth-order valence-electron chi connectivity index (χ4n) is 5.94. The van der Waals surface area contributed by atoms with Crippen molar-refractivity contribution in [2.45, 2.75) is 54.2 Å². The number of rotatable bonds is 6. The summed E-state index contributed by atoms with van der Waals surface area (Å²) in [6.45, 7) is 4.16. The molecule has 2 aromatic rings. The molecule has 4 atom stereocenters. The maximum Gasteiger partial charge on any atom is 0.243 e. The minimum Gasteiger partial charge on any atom is -0.497 e. The van der Waals surface area contributed by atoms with Crippen molar-refractivity contribution < 1.29 is 22.6 Å². The van der Waals surface area contributed by atoms with Crippen LogP contribution >= 0.6 is 11.9 Å². The number of nitrogens with zero attached hydrogens (tertiary/aromatic N) is 2. The van der Waals surface area contributed by atoms with Gasteiger partial charge in [0.15, 0.2) is 0 Å². The second-order valence-corrected chi connectivity index (χ2v) is 12.7. The van der Waals surface area contributed by atoms with Gasteiger partial charge in [0.1, 0.15) is 17.2 Å². The zero-order valence-electron chi connectivity index (χ0n) is 20.6. The monoisotopic (exact) mass is 518 g/mol. The molecule has 0 radical (unpaired) electrons. The molecule has 3 fully saturated rings. The molecule has 0 N–H and O–H groups in total. The van der Waals surface area contributed by atoms with Crippen molar-refractivity contribution in [2.24, 2.45) is 11.8 Å². The van der Waals surface area contributed by atoms with Crippen LogP contribution in [0.3, 0.4) is 0 Å². The third kappa shape index (κ3) is 4.57. The smallest absolute Gasteiger partial charge is 0.243 e. The first-order valence-electron chi connectivity index (χ1n) is 12.3. The first kappa shape index (κ1) is 24.9. The van der Waals surface area contributed by atoms with E-state index in [1.54, 1.807) is 54.7 Å². The summed E-state index contributed by atoms with van der Waals surface area (Å²) in [4.78, 5) is 1.45.